The van der Waals surface area contributed by atoms with Gasteiger partial charge in [-0.05, 0) is 37.4 Å². The second kappa shape index (κ2) is 10.5. The number of likely N-dealkylation sites (tertiary alicyclic amines) is 1. The SMILES string of the molecule is Cl.Cl.O=C(NCC(c1cccs1)N1CCCC1)C1CNCCO1. The highest BCUT2D eigenvalue weighted by atomic mass is 35.5. The van der Waals surface area contributed by atoms with E-state index in [1.807, 2.05) is 0 Å². The van der Waals surface area contributed by atoms with Crippen LogP contribution in [0.4, 0.5) is 0 Å². The topological polar surface area (TPSA) is 53.6 Å². The smallest absolute Gasteiger partial charge is 0.250 e. The summed E-state index contributed by atoms with van der Waals surface area (Å²) >= 11 is 1.77. The zero-order valence-corrected chi connectivity index (χ0v) is 15.5. The molecule has 0 saturated carbocycles. The molecule has 0 aliphatic carbocycles. The summed E-state index contributed by atoms with van der Waals surface area (Å²) in [4.78, 5) is 16.0. The lowest BCUT2D eigenvalue weighted by Crippen LogP contribution is -2.49. The average molecular weight is 382 g/mol. The second-order valence-electron chi connectivity index (χ2n) is 5.58. The maximum absolute atomic E-state index is 12.2. The van der Waals surface area contributed by atoms with Crippen LogP contribution in [0.5, 0.6) is 0 Å². The Bertz CT molecular complexity index is 450. The van der Waals surface area contributed by atoms with Crippen LogP contribution in [0, 0.1) is 0 Å². The number of halogens is 2. The highest BCUT2D eigenvalue weighted by Crippen LogP contribution is 2.27. The van der Waals surface area contributed by atoms with Crippen LogP contribution in [-0.4, -0.2) is 56.2 Å². The Morgan fingerprint density at radius 1 is 1.43 bits per heavy atom. The van der Waals surface area contributed by atoms with Crippen molar-refractivity contribution < 1.29 is 9.53 Å². The van der Waals surface area contributed by atoms with Gasteiger partial charge in [0.1, 0.15) is 6.10 Å². The van der Waals surface area contributed by atoms with Gasteiger partial charge in [-0.15, -0.1) is 36.2 Å². The number of amides is 1. The van der Waals surface area contributed by atoms with Crippen molar-refractivity contribution in [3.63, 3.8) is 0 Å². The molecule has 0 aromatic carbocycles. The zero-order valence-electron chi connectivity index (χ0n) is 13.0. The standard InChI is InChI=1S/C15H23N3O2S.2ClH/c19-15(13-11-16-5-8-20-13)17-10-12(14-4-3-9-21-14)18-6-1-2-7-18;;/h3-4,9,12-13,16H,1-2,5-8,10-11H2,(H,17,19);2*1H. The summed E-state index contributed by atoms with van der Waals surface area (Å²) in [6.45, 7) is 4.96. The molecule has 5 nitrogen and oxygen atoms in total. The quantitative estimate of drug-likeness (QED) is 0.816. The van der Waals surface area contributed by atoms with E-state index in [0.717, 1.165) is 19.6 Å². The summed E-state index contributed by atoms with van der Waals surface area (Å²) in [7, 11) is 0. The molecule has 0 bridgehead atoms. The van der Waals surface area contributed by atoms with E-state index >= 15 is 0 Å². The van der Waals surface area contributed by atoms with Gasteiger partial charge >= 0.3 is 0 Å². The van der Waals surface area contributed by atoms with Crippen LogP contribution < -0.4 is 10.6 Å². The molecule has 2 fully saturated rings. The van der Waals surface area contributed by atoms with Crippen LogP contribution in [0.15, 0.2) is 17.5 Å². The third-order valence-electron chi connectivity index (χ3n) is 4.14. The molecule has 2 N–H and O–H groups in total. The molecule has 2 unspecified atom stereocenters. The molecule has 2 aliphatic heterocycles. The molecule has 1 amide bonds. The van der Waals surface area contributed by atoms with Gasteiger partial charge in [-0.25, -0.2) is 0 Å². The summed E-state index contributed by atoms with van der Waals surface area (Å²) in [5, 5.41) is 8.38. The molecule has 23 heavy (non-hydrogen) atoms. The van der Waals surface area contributed by atoms with E-state index in [0.29, 0.717) is 25.7 Å². The normalized spacial score (nSPS) is 22.7. The summed E-state index contributed by atoms with van der Waals surface area (Å²) < 4.78 is 5.50. The molecule has 2 aliphatic rings. The molecule has 0 spiro atoms. The number of carbonyl (C=O) groups excluding carboxylic acids is 1. The van der Waals surface area contributed by atoms with Crippen LogP contribution in [0.1, 0.15) is 23.8 Å². The molecular weight excluding hydrogens is 357 g/mol. The Hall–Kier alpha value is -0.370. The van der Waals surface area contributed by atoms with Crippen molar-refractivity contribution in [1.82, 2.24) is 15.5 Å². The zero-order chi connectivity index (χ0) is 14.5. The molecule has 1 aromatic heterocycles. The fourth-order valence-corrected chi connectivity index (χ4v) is 3.85. The van der Waals surface area contributed by atoms with Gasteiger partial charge in [0.15, 0.2) is 0 Å². The number of ether oxygens (including phenoxy) is 1. The first-order valence-electron chi connectivity index (χ1n) is 7.72. The first kappa shape index (κ1) is 20.7. The summed E-state index contributed by atoms with van der Waals surface area (Å²) in [5.41, 5.74) is 0. The van der Waals surface area contributed by atoms with E-state index in [4.69, 9.17) is 4.74 Å². The predicted molar refractivity (Wildman–Crippen MR) is 98.0 cm³/mol. The minimum Gasteiger partial charge on any atom is -0.366 e. The number of hydrogen-bond donors (Lipinski definition) is 2. The lowest BCUT2D eigenvalue weighted by atomic mass is 10.2. The maximum atomic E-state index is 12.2. The molecule has 8 heteroatoms. The number of morpholine rings is 1. The van der Waals surface area contributed by atoms with Crippen molar-refractivity contribution in [2.24, 2.45) is 0 Å². The molecule has 2 atom stereocenters. The molecule has 1 aromatic rings. The number of hydrogen-bond acceptors (Lipinski definition) is 5. The number of nitrogens with one attached hydrogen (secondary N) is 2. The van der Waals surface area contributed by atoms with Gasteiger partial charge < -0.3 is 15.4 Å². The number of carbonyl (C=O) groups is 1. The summed E-state index contributed by atoms with van der Waals surface area (Å²) in [5.74, 6) is 0.00273. The fourth-order valence-electron chi connectivity index (χ4n) is 2.99. The molecule has 0 radical (unpaired) electrons. The van der Waals surface area contributed by atoms with E-state index in [1.165, 1.54) is 17.7 Å². The number of nitrogens with zero attached hydrogens (tertiary/aromatic N) is 1. The average Bonchev–Trinajstić information content (AvgIpc) is 3.22. The molecule has 2 saturated heterocycles. The van der Waals surface area contributed by atoms with Crippen molar-refractivity contribution in [2.75, 3.05) is 39.3 Å². The van der Waals surface area contributed by atoms with Crippen molar-refractivity contribution in [2.45, 2.75) is 25.0 Å². The molecule has 3 rings (SSSR count). The fraction of sp³-hybridized carbons (Fsp3) is 0.667. The Labute approximate surface area is 154 Å². The van der Waals surface area contributed by atoms with Crippen LogP contribution in [0.3, 0.4) is 0 Å². The van der Waals surface area contributed by atoms with E-state index in [9.17, 15) is 4.79 Å². The number of thiophene rings is 1. The highest BCUT2D eigenvalue weighted by Gasteiger charge is 2.27. The van der Waals surface area contributed by atoms with Crippen LogP contribution in [0.25, 0.3) is 0 Å². The predicted octanol–water partition coefficient (Wildman–Crippen LogP) is 1.83. The van der Waals surface area contributed by atoms with Crippen molar-refractivity contribution in [3.05, 3.63) is 22.4 Å². The highest BCUT2D eigenvalue weighted by molar-refractivity contribution is 7.10. The van der Waals surface area contributed by atoms with E-state index in [-0.39, 0.29) is 36.8 Å². The largest absolute Gasteiger partial charge is 0.366 e. The maximum Gasteiger partial charge on any atom is 0.250 e. The lowest BCUT2D eigenvalue weighted by Gasteiger charge is -2.28. The summed E-state index contributed by atoms with van der Waals surface area (Å²) in [6, 6.07) is 4.55. The van der Waals surface area contributed by atoms with Crippen molar-refractivity contribution in [3.8, 4) is 0 Å². The lowest BCUT2D eigenvalue weighted by molar-refractivity contribution is -0.134. The minimum atomic E-state index is -0.346. The molecular formula is C15H25Cl2N3O2S. The van der Waals surface area contributed by atoms with Gasteiger partial charge in [0, 0.05) is 24.5 Å². The summed E-state index contributed by atoms with van der Waals surface area (Å²) in [6.07, 6.45) is 2.16. The van der Waals surface area contributed by atoms with E-state index in [1.54, 1.807) is 11.3 Å². The third-order valence-corrected chi connectivity index (χ3v) is 5.12. The monoisotopic (exact) mass is 381 g/mol. The van der Waals surface area contributed by atoms with Crippen molar-refractivity contribution in [1.29, 1.82) is 0 Å². The van der Waals surface area contributed by atoms with Gasteiger partial charge in [0.2, 0.25) is 0 Å². The molecule has 3 heterocycles. The van der Waals surface area contributed by atoms with E-state index < -0.39 is 0 Å². The van der Waals surface area contributed by atoms with Crippen LogP contribution >= 0.6 is 36.2 Å². The minimum absolute atomic E-state index is 0. The first-order chi connectivity index (χ1) is 10.3. The first-order valence-corrected chi connectivity index (χ1v) is 8.60. The van der Waals surface area contributed by atoms with Gasteiger partial charge in [-0.2, -0.15) is 0 Å². The van der Waals surface area contributed by atoms with Gasteiger partial charge in [-0.1, -0.05) is 6.07 Å². The van der Waals surface area contributed by atoms with Gasteiger partial charge in [0.25, 0.3) is 5.91 Å². The van der Waals surface area contributed by atoms with Crippen LogP contribution in [-0.2, 0) is 9.53 Å². The van der Waals surface area contributed by atoms with Crippen molar-refractivity contribution >= 4 is 42.1 Å². The Kier molecular flexibility index (Phi) is 9.43. The second-order valence-corrected chi connectivity index (χ2v) is 6.56. The van der Waals surface area contributed by atoms with E-state index in [2.05, 4.69) is 33.0 Å². The Morgan fingerprint density at radius 2 is 2.22 bits per heavy atom. The Morgan fingerprint density at radius 3 is 2.83 bits per heavy atom. The van der Waals surface area contributed by atoms with Crippen LogP contribution in [0.2, 0.25) is 0 Å². The Balaban J connectivity index is 0.00000132. The van der Waals surface area contributed by atoms with Gasteiger partial charge in [0.05, 0.1) is 12.6 Å². The molecule has 132 valence electrons. The number of rotatable bonds is 5. The third kappa shape index (κ3) is 5.59. The van der Waals surface area contributed by atoms with Gasteiger partial charge in [-0.3, -0.25) is 9.69 Å².